The first kappa shape index (κ1) is 19.7. The molecule has 1 saturated carbocycles. The molecule has 6 nitrogen and oxygen atoms in total. The van der Waals surface area contributed by atoms with E-state index in [1.54, 1.807) is 6.07 Å². The van der Waals surface area contributed by atoms with Crippen LogP contribution in [0.5, 0.6) is 5.75 Å². The number of benzene rings is 1. The van der Waals surface area contributed by atoms with E-state index in [-0.39, 0.29) is 28.6 Å². The second kappa shape index (κ2) is 8.67. The molecule has 0 saturated heterocycles. The third kappa shape index (κ3) is 5.71. The molecule has 1 unspecified atom stereocenters. The molecule has 2 N–H and O–H groups in total. The van der Waals surface area contributed by atoms with Crippen molar-refractivity contribution < 1.29 is 17.9 Å². The van der Waals surface area contributed by atoms with Gasteiger partial charge in [-0.1, -0.05) is 26.2 Å². The topological polar surface area (TPSA) is 84.5 Å². The van der Waals surface area contributed by atoms with Crippen LogP contribution in [0.15, 0.2) is 23.1 Å². The second-order valence-corrected chi connectivity index (χ2v) is 8.31. The average Bonchev–Trinajstić information content (AvgIpc) is 3.37. The number of hydrogen-bond acceptors (Lipinski definition) is 4. The van der Waals surface area contributed by atoms with Gasteiger partial charge in [0.1, 0.15) is 10.6 Å². The Kier molecular flexibility index (Phi) is 6.84. The Morgan fingerprint density at radius 2 is 2.04 bits per heavy atom. The maximum absolute atomic E-state index is 12.5. The summed E-state index contributed by atoms with van der Waals surface area (Å²) >= 11 is 0. The Balaban J connectivity index is 2.13. The van der Waals surface area contributed by atoms with Crippen molar-refractivity contribution in [1.82, 2.24) is 10.0 Å². The number of amides is 1. The normalized spacial score (nSPS) is 15.6. The first-order valence-corrected chi connectivity index (χ1v) is 10.4. The van der Waals surface area contributed by atoms with E-state index in [1.807, 2.05) is 6.92 Å². The van der Waals surface area contributed by atoms with Crippen LogP contribution < -0.4 is 14.8 Å². The van der Waals surface area contributed by atoms with Crippen molar-refractivity contribution in [2.45, 2.75) is 69.4 Å². The summed E-state index contributed by atoms with van der Waals surface area (Å²) in [6.07, 6.45) is 5.93. The average molecular weight is 368 g/mol. The molecule has 0 aliphatic heterocycles. The maximum Gasteiger partial charge on any atom is 0.251 e. The molecule has 140 valence electrons. The number of carbonyl (C=O) groups excluding carboxylic acids is 1. The van der Waals surface area contributed by atoms with Crippen molar-refractivity contribution in [3.05, 3.63) is 23.8 Å². The second-order valence-electron chi connectivity index (χ2n) is 6.63. The van der Waals surface area contributed by atoms with Crippen LogP contribution in [-0.2, 0) is 10.0 Å². The van der Waals surface area contributed by atoms with Gasteiger partial charge in [0.2, 0.25) is 10.0 Å². The van der Waals surface area contributed by atoms with Gasteiger partial charge in [-0.2, -0.15) is 0 Å². The molecule has 1 fully saturated rings. The minimum Gasteiger partial charge on any atom is -0.495 e. The Morgan fingerprint density at radius 1 is 1.32 bits per heavy atom. The summed E-state index contributed by atoms with van der Waals surface area (Å²) in [5, 5.41) is 2.93. The molecule has 0 spiro atoms. The van der Waals surface area contributed by atoms with Crippen molar-refractivity contribution in [1.29, 1.82) is 0 Å². The Hall–Kier alpha value is -1.60. The zero-order valence-electron chi connectivity index (χ0n) is 15.2. The maximum atomic E-state index is 12.5. The van der Waals surface area contributed by atoms with E-state index in [4.69, 9.17) is 4.74 Å². The molecular formula is C18H28N2O4S. The molecule has 0 aromatic heterocycles. The summed E-state index contributed by atoms with van der Waals surface area (Å²) in [6.45, 7) is 4.10. The number of methoxy groups -OCH3 is 1. The van der Waals surface area contributed by atoms with Crippen LogP contribution in [0.4, 0.5) is 0 Å². The van der Waals surface area contributed by atoms with Crippen LogP contribution in [0, 0.1) is 0 Å². The van der Waals surface area contributed by atoms with Crippen molar-refractivity contribution in [2.24, 2.45) is 0 Å². The van der Waals surface area contributed by atoms with E-state index >= 15 is 0 Å². The number of sulfonamides is 1. The van der Waals surface area contributed by atoms with E-state index in [9.17, 15) is 13.2 Å². The fourth-order valence-corrected chi connectivity index (χ4v) is 4.09. The van der Waals surface area contributed by atoms with Gasteiger partial charge in [-0.05, 0) is 44.4 Å². The molecule has 25 heavy (non-hydrogen) atoms. The van der Waals surface area contributed by atoms with Gasteiger partial charge in [-0.15, -0.1) is 0 Å². The monoisotopic (exact) mass is 368 g/mol. The highest BCUT2D eigenvalue weighted by Gasteiger charge is 2.30. The number of hydrogen-bond donors (Lipinski definition) is 2. The van der Waals surface area contributed by atoms with Gasteiger partial charge in [0.25, 0.3) is 5.91 Å². The van der Waals surface area contributed by atoms with Gasteiger partial charge in [0.15, 0.2) is 0 Å². The molecule has 0 heterocycles. The molecule has 1 aromatic rings. The summed E-state index contributed by atoms with van der Waals surface area (Å²) in [4.78, 5) is 12.4. The lowest BCUT2D eigenvalue weighted by atomic mass is 10.1. The Morgan fingerprint density at radius 3 is 2.64 bits per heavy atom. The van der Waals surface area contributed by atoms with Gasteiger partial charge in [0, 0.05) is 17.6 Å². The molecule has 1 amide bonds. The molecule has 7 heteroatoms. The highest BCUT2D eigenvalue weighted by Crippen LogP contribution is 2.28. The van der Waals surface area contributed by atoms with Crippen molar-refractivity contribution in [3.8, 4) is 5.75 Å². The smallest absolute Gasteiger partial charge is 0.251 e. The van der Waals surface area contributed by atoms with Crippen LogP contribution in [-0.4, -0.2) is 33.5 Å². The number of unbranched alkanes of at least 4 members (excludes halogenated alkanes) is 2. The molecule has 1 aliphatic rings. The van der Waals surface area contributed by atoms with Crippen LogP contribution in [0.1, 0.15) is 62.7 Å². The minimum absolute atomic E-state index is 0.00758. The summed E-state index contributed by atoms with van der Waals surface area (Å²) in [5.41, 5.74) is 0.319. The molecule has 2 rings (SSSR count). The SMILES string of the molecule is CCCCCC(C)NC(=O)c1ccc(OC)c(S(=O)(=O)NC2CC2)c1. The number of nitrogens with one attached hydrogen (secondary N) is 2. The third-order valence-corrected chi connectivity index (χ3v) is 5.77. The largest absolute Gasteiger partial charge is 0.495 e. The predicted octanol–water partition coefficient (Wildman–Crippen LogP) is 2.83. The van der Waals surface area contributed by atoms with E-state index in [0.717, 1.165) is 38.5 Å². The van der Waals surface area contributed by atoms with E-state index in [2.05, 4.69) is 17.0 Å². The number of rotatable bonds is 10. The fraction of sp³-hybridized carbons (Fsp3) is 0.611. The summed E-state index contributed by atoms with van der Waals surface area (Å²) in [7, 11) is -2.28. The van der Waals surface area contributed by atoms with E-state index in [1.165, 1.54) is 19.2 Å². The van der Waals surface area contributed by atoms with E-state index in [0.29, 0.717) is 5.56 Å². The standard InChI is InChI=1S/C18H28N2O4S/c1-4-5-6-7-13(2)19-18(21)14-8-11-16(24-3)17(12-14)25(22,23)20-15-9-10-15/h8,11-13,15,20H,4-7,9-10H2,1-3H3,(H,19,21). The lowest BCUT2D eigenvalue weighted by Crippen LogP contribution is -2.33. The fourth-order valence-electron chi connectivity index (χ4n) is 2.59. The van der Waals surface area contributed by atoms with Crippen molar-refractivity contribution in [2.75, 3.05) is 7.11 Å². The van der Waals surface area contributed by atoms with Crippen molar-refractivity contribution >= 4 is 15.9 Å². The summed E-state index contributed by atoms with van der Waals surface area (Å²) in [5.74, 6) is -0.0322. The molecular weight excluding hydrogens is 340 g/mol. The van der Waals surface area contributed by atoms with Gasteiger partial charge < -0.3 is 10.1 Å². The van der Waals surface area contributed by atoms with Gasteiger partial charge in [0.05, 0.1) is 7.11 Å². The number of ether oxygens (including phenoxy) is 1. The zero-order valence-corrected chi connectivity index (χ0v) is 16.0. The first-order chi connectivity index (χ1) is 11.9. The summed E-state index contributed by atoms with van der Waals surface area (Å²) < 4.78 is 32.8. The van der Waals surface area contributed by atoms with Gasteiger partial charge in [-0.3, -0.25) is 4.79 Å². The predicted molar refractivity (Wildman–Crippen MR) is 97.4 cm³/mol. The first-order valence-electron chi connectivity index (χ1n) is 8.88. The lowest BCUT2D eigenvalue weighted by molar-refractivity contribution is 0.0937. The quantitative estimate of drug-likeness (QED) is 0.622. The van der Waals surface area contributed by atoms with Gasteiger partial charge >= 0.3 is 0 Å². The molecule has 0 bridgehead atoms. The van der Waals surface area contributed by atoms with E-state index < -0.39 is 10.0 Å². The molecule has 1 atom stereocenters. The minimum atomic E-state index is -3.70. The Bertz CT molecular complexity index is 699. The van der Waals surface area contributed by atoms with Crippen LogP contribution in [0.2, 0.25) is 0 Å². The highest BCUT2D eigenvalue weighted by atomic mass is 32.2. The van der Waals surface area contributed by atoms with Crippen LogP contribution >= 0.6 is 0 Å². The molecule has 1 aliphatic carbocycles. The molecule has 1 aromatic carbocycles. The lowest BCUT2D eigenvalue weighted by Gasteiger charge is -2.15. The number of carbonyl (C=O) groups is 1. The zero-order chi connectivity index (χ0) is 18.4. The highest BCUT2D eigenvalue weighted by molar-refractivity contribution is 7.89. The summed E-state index contributed by atoms with van der Waals surface area (Å²) in [6, 6.07) is 4.54. The van der Waals surface area contributed by atoms with Gasteiger partial charge in [-0.25, -0.2) is 13.1 Å². The van der Waals surface area contributed by atoms with Crippen molar-refractivity contribution in [3.63, 3.8) is 0 Å². The third-order valence-electron chi connectivity index (χ3n) is 4.23. The Labute approximate surface area is 150 Å². The molecule has 0 radical (unpaired) electrons. The van der Waals surface area contributed by atoms with Crippen LogP contribution in [0.3, 0.4) is 0 Å². The van der Waals surface area contributed by atoms with Crippen LogP contribution in [0.25, 0.3) is 0 Å².